The molecule has 5 aromatic rings. The van der Waals surface area contributed by atoms with Gasteiger partial charge >= 0.3 is 0 Å². The number of nitrogens with one attached hydrogen (secondary N) is 1. The van der Waals surface area contributed by atoms with Crippen molar-refractivity contribution in [1.29, 1.82) is 0 Å². The summed E-state index contributed by atoms with van der Waals surface area (Å²) in [6.07, 6.45) is 0. The normalized spacial score (nSPS) is 12.3. The summed E-state index contributed by atoms with van der Waals surface area (Å²) in [4.78, 5) is 20.9. The van der Waals surface area contributed by atoms with E-state index in [2.05, 4.69) is 20.2 Å². The Morgan fingerprint density at radius 1 is 1.06 bits per heavy atom. The summed E-state index contributed by atoms with van der Waals surface area (Å²) in [6.45, 7) is 3.93. The van der Waals surface area contributed by atoms with Crippen LogP contribution in [-0.4, -0.2) is 20.2 Å². The van der Waals surface area contributed by atoms with E-state index in [9.17, 15) is 9.18 Å². The molecule has 2 aromatic carbocycles. The molecule has 9 heteroatoms. The molecule has 1 unspecified atom stereocenters. The molecule has 0 amide bonds. The number of hydrogen-bond acceptors (Lipinski definition) is 7. The highest BCUT2D eigenvalue weighted by molar-refractivity contribution is 7.99. The van der Waals surface area contributed by atoms with E-state index in [4.69, 9.17) is 4.42 Å². The van der Waals surface area contributed by atoms with E-state index in [1.54, 1.807) is 12.1 Å². The number of nitrogens with zero attached hydrogens (tertiary/aromatic N) is 3. The number of benzene rings is 2. The minimum atomic E-state index is -0.320. The molecule has 0 saturated carbocycles. The Hall–Kier alpha value is -3.30. The lowest BCUT2D eigenvalue weighted by molar-refractivity contribution is 0.509. The Labute approximate surface area is 190 Å². The van der Waals surface area contributed by atoms with Gasteiger partial charge in [0.25, 0.3) is 5.56 Å². The van der Waals surface area contributed by atoms with E-state index >= 15 is 0 Å². The molecule has 3 aromatic heterocycles. The average Bonchev–Trinajstić information content (AvgIpc) is 3.43. The summed E-state index contributed by atoms with van der Waals surface area (Å²) in [5, 5.41) is 10.9. The van der Waals surface area contributed by atoms with Crippen LogP contribution in [0.3, 0.4) is 0 Å². The Morgan fingerprint density at radius 3 is 2.53 bits per heavy atom. The summed E-state index contributed by atoms with van der Waals surface area (Å²) < 4.78 is 19.1. The van der Waals surface area contributed by atoms with Gasteiger partial charge in [-0.05, 0) is 43.7 Å². The number of thioether (sulfide) groups is 1. The molecular formula is C23H17FN4O2S2. The van der Waals surface area contributed by atoms with E-state index in [-0.39, 0.29) is 16.6 Å². The average molecular weight is 465 g/mol. The Bertz CT molecular complexity index is 1460. The highest BCUT2D eigenvalue weighted by Crippen LogP contribution is 2.36. The fourth-order valence-electron chi connectivity index (χ4n) is 3.26. The van der Waals surface area contributed by atoms with Crippen molar-refractivity contribution in [2.24, 2.45) is 0 Å². The first-order valence-corrected chi connectivity index (χ1v) is 11.6. The molecule has 0 spiro atoms. The standard InChI is InChI=1S/C23H17FN4O2S2/c1-12-3-5-15(6-4-12)21-28-27-20(30-21)13(2)32-23-25-19(29)18-17(11-31-22(18)26-23)14-7-9-16(24)10-8-14/h3-11,13H,1-2H3,(H,25,26,29). The fourth-order valence-corrected chi connectivity index (χ4v) is 5.09. The molecule has 0 fully saturated rings. The van der Waals surface area contributed by atoms with Crippen molar-refractivity contribution in [3.05, 3.63) is 81.5 Å². The topological polar surface area (TPSA) is 84.7 Å². The summed E-state index contributed by atoms with van der Waals surface area (Å²) >= 11 is 2.71. The van der Waals surface area contributed by atoms with Crippen molar-refractivity contribution >= 4 is 33.3 Å². The molecule has 0 aliphatic rings. The summed E-state index contributed by atoms with van der Waals surface area (Å²) in [6, 6.07) is 13.9. The van der Waals surface area contributed by atoms with Crippen molar-refractivity contribution in [3.63, 3.8) is 0 Å². The highest BCUT2D eigenvalue weighted by atomic mass is 32.2. The second kappa shape index (κ2) is 8.33. The fraction of sp³-hybridized carbons (Fsp3) is 0.130. The number of thiophene rings is 1. The number of rotatable bonds is 5. The van der Waals surface area contributed by atoms with Crippen LogP contribution in [-0.2, 0) is 0 Å². The third-order valence-corrected chi connectivity index (χ3v) is 6.80. The van der Waals surface area contributed by atoms with Crippen molar-refractivity contribution in [2.45, 2.75) is 24.3 Å². The Morgan fingerprint density at radius 2 is 1.78 bits per heavy atom. The zero-order valence-electron chi connectivity index (χ0n) is 17.1. The molecule has 32 heavy (non-hydrogen) atoms. The summed E-state index contributed by atoms with van der Waals surface area (Å²) in [5.74, 6) is 0.581. The molecule has 1 atom stereocenters. The smallest absolute Gasteiger partial charge is 0.260 e. The largest absolute Gasteiger partial charge is 0.419 e. The molecule has 0 aliphatic heterocycles. The van der Waals surface area contributed by atoms with E-state index < -0.39 is 0 Å². The molecule has 0 saturated heterocycles. The van der Waals surface area contributed by atoms with Crippen LogP contribution in [0.5, 0.6) is 0 Å². The lowest BCUT2D eigenvalue weighted by Gasteiger charge is -2.06. The van der Waals surface area contributed by atoms with Crippen molar-refractivity contribution in [2.75, 3.05) is 0 Å². The molecule has 3 heterocycles. The van der Waals surface area contributed by atoms with Gasteiger partial charge in [0, 0.05) is 16.5 Å². The summed E-state index contributed by atoms with van der Waals surface area (Å²) in [5.41, 5.74) is 3.28. The number of aryl methyl sites for hydroxylation is 1. The lowest BCUT2D eigenvalue weighted by atomic mass is 10.1. The van der Waals surface area contributed by atoms with E-state index in [1.165, 1.54) is 35.2 Å². The third-order valence-electron chi connectivity index (χ3n) is 4.95. The molecule has 0 bridgehead atoms. The predicted octanol–water partition coefficient (Wildman–Crippen LogP) is 6.00. The SMILES string of the molecule is Cc1ccc(-c2nnc(C(C)Sc3nc4scc(-c5ccc(F)cc5)c4c(=O)[nH]3)o2)cc1. The van der Waals surface area contributed by atoms with Crippen LogP contribution in [0, 0.1) is 12.7 Å². The third kappa shape index (κ3) is 3.96. The maximum Gasteiger partial charge on any atom is 0.260 e. The van der Waals surface area contributed by atoms with Crippen LogP contribution < -0.4 is 5.56 Å². The van der Waals surface area contributed by atoms with Crippen molar-refractivity contribution < 1.29 is 8.81 Å². The minimum absolute atomic E-state index is 0.209. The van der Waals surface area contributed by atoms with Gasteiger partial charge in [-0.25, -0.2) is 9.37 Å². The number of halogens is 1. The highest BCUT2D eigenvalue weighted by Gasteiger charge is 2.19. The Kier molecular flexibility index (Phi) is 5.36. The zero-order chi connectivity index (χ0) is 22.2. The first kappa shape index (κ1) is 20.6. The minimum Gasteiger partial charge on any atom is -0.419 e. The van der Waals surface area contributed by atoms with Gasteiger partial charge in [0.15, 0.2) is 5.16 Å². The van der Waals surface area contributed by atoms with Crippen molar-refractivity contribution in [3.8, 4) is 22.6 Å². The van der Waals surface area contributed by atoms with E-state index in [0.29, 0.717) is 27.2 Å². The molecule has 6 nitrogen and oxygen atoms in total. The molecule has 0 radical (unpaired) electrons. The molecule has 5 rings (SSSR count). The molecule has 0 aliphatic carbocycles. The van der Waals surface area contributed by atoms with Gasteiger partial charge in [0.05, 0.1) is 10.6 Å². The van der Waals surface area contributed by atoms with Crippen LogP contribution in [0.1, 0.15) is 23.6 Å². The van der Waals surface area contributed by atoms with Gasteiger partial charge in [-0.1, -0.05) is 41.6 Å². The first-order valence-electron chi connectivity index (χ1n) is 9.82. The predicted molar refractivity (Wildman–Crippen MR) is 124 cm³/mol. The van der Waals surface area contributed by atoms with Crippen LogP contribution in [0.15, 0.2) is 68.3 Å². The van der Waals surface area contributed by atoms with Gasteiger partial charge in [0.1, 0.15) is 10.6 Å². The zero-order valence-corrected chi connectivity index (χ0v) is 18.8. The van der Waals surface area contributed by atoms with Crippen LogP contribution in [0.4, 0.5) is 4.39 Å². The van der Waals surface area contributed by atoms with E-state index in [1.807, 2.05) is 43.5 Å². The number of hydrogen-bond donors (Lipinski definition) is 1. The number of H-pyrrole nitrogens is 1. The van der Waals surface area contributed by atoms with Crippen LogP contribution in [0.25, 0.3) is 32.8 Å². The Balaban J connectivity index is 1.40. The molecular weight excluding hydrogens is 447 g/mol. The number of aromatic nitrogens is 4. The second-order valence-corrected chi connectivity index (χ2v) is 9.47. The van der Waals surface area contributed by atoms with Gasteiger partial charge in [-0.15, -0.1) is 21.5 Å². The molecule has 160 valence electrons. The maximum absolute atomic E-state index is 13.3. The van der Waals surface area contributed by atoms with E-state index in [0.717, 1.165) is 22.3 Å². The molecule has 1 N–H and O–H groups in total. The van der Waals surface area contributed by atoms with Crippen LogP contribution >= 0.6 is 23.1 Å². The number of fused-ring (bicyclic) bond motifs is 1. The second-order valence-electron chi connectivity index (χ2n) is 7.28. The van der Waals surface area contributed by atoms with Crippen molar-refractivity contribution in [1.82, 2.24) is 20.2 Å². The van der Waals surface area contributed by atoms with Gasteiger partial charge in [-0.2, -0.15) is 0 Å². The van der Waals surface area contributed by atoms with Gasteiger partial charge in [0.2, 0.25) is 11.8 Å². The first-order chi connectivity index (χ1) is 15.5. The number of aromatic amines is 1. The maximum atomic E-state index is 13.3. The monoisotopic (exact) mass is 464 g/mol. The lowest BCUT2D eigenvalue weighted by Crippen LogP contribution is -2.09. The summed E-state index contributed by atoms with van der Waals surface area (Å²) in [7, 11) is 0. The quantitative estimate of drug-likeness (QED) is 0.254. The van der Waals surface area contributed by atoms with Gasteiger partial charge < -0.3 is 9.40 Å². The van der Waals surface area contributed by atoms with Gasteiger partial charge in [-0.3, -0.25) is 4.79 Å². The van der Waals surface area contributed by atoms with Crippen LogP contribution in [0.2, 0.25) is 0 Å².